The molecule has 0 heterocycles. The Kier molecular flexibility index (Phi) is 3.75. The number of halogens is 3. The minimum Gasteiger partial charge on any atom is -0.289 e. The van der Waals surface area contributed by atoms with Crippen molar-refractivity contribution in [3.05, 3.63) is 68.3 Å². The topological polar surface area (TPSA) is 17.1 Å². The van der Waals surface area contributed by atoms with Gasteiger partial charge in [-0.1, -0.05) is 12.1 Å². The van der Waals surface area contributed by atoms with Crippen LogP contribution >= 0.6 is 22.6 Å². The molecule has 0 radical (unpaired) electrons. The monoisotopic (exact) mass is 358 g/mol. The maximum atomic E-state index is 13.1. The second kappa shape index (κ2) is 5.14. The smallest absolute Gasteiger partial charge is 0.194 e. The molecule has 0 N–H and O–H groups in total. The Morgan fingerprint density at radius 1 is 1.11 bits per heavy atom. The molecule has 2 rings (SSSR count). The molecule has 0 atom stereocenters. The van der Waals surface area contributed by atoms with Crippen LogP contribution in [0.4, 0.5) is 8.78 Å². The van der Waals surface area contributed by atoms with Crippen LogP contribution < -0.4 is 0 Å². The second-order valence-corrected chi connectivity index (χ2v) is 4.97. The lowest BCUT2D eigenvalue weighted by molar-refractivity contribution is 0.103. The Hall–Kier alpha value is -1.30. The normalized spacial score (nSPS) is 10.4. The van der Waals surface area contributed by atoms with E-state index in [-0.39, 0.29) is 11.3 Å². The maximum absolute atomic E-state index is 13.1. The zero-order valence-corrected chi connectivity index (χ0v) is 11.7. The zero-order chi connectivity index (χ0) is 13.3. The first-order valence-corrected chi connectivity index (χ1v) is 6.33. The van der Waals surface area contributed by atoms with Gasteiger partial charge in [0, 0.05) is 14.7 Å². The third-order valence-corrected chi connectivity index (χ3v) is 4.05. The van der Waals surface area contributed by atoms with Crippen molar-refractivity contribution < 1.29 is 13.6 Å². The summed E-state index contributed by atoms with van der Waals surface area (Å²) in [6.45, 7) is 1.89. The molecule has 4 heteroatoms. The van der Waals surface area contributed by atoms with Crippen molar-refractivity contribution in [3.63, 3.8) is 0 Å². The Morgan fingerprint density at radius 3 is 2.50 bits per heavy atom. The zero-order valence-electron chi connectivity index (χ0n) is 9.51. The summed E-state index contributed by atoms with van der Waals surface area (Å²) in [7, 11) is 0. The number of carbonyl (C=O) groups excluding carboxylic acids is 1. The van der Waals surface area contributed by atoms with Gasteiger partial charge >= 0.3 is 0 Å². The van der Waals surface area contributed by atoms with Gasteiger partial charge < -0.3 is 0 Å². The average molecular weight is 358 g/mol. The highest BCUT2D eigenvalue weighted by Gasteiger charge is 2.15. The largest absolute Gasteiger partial charge is 0.289 e. The number of benzene rings is 2. The van der Waals surface area contributed by atoms with Gasteiger partial charge in [-0.3, -0.25) is 4.79 Å². The molecular formula is C14H9F2IO. The maximum Gasteiger partial charge on any atom is 0.194 e. The van der Waals surface area contributed by atoms with Gasteiger partial charge in [-0.2, -0.15) is 0 Å². The molecule has 2 aromatic rings. The van der Waals surface area contributed by atoms with Gasteiger partial charge in [0.25, 0.3) is 0 Å². The number of ketones is 1. The van der Waals surface area contributed by atoms with Crippen molar-refractivity contribution in [1.29, 1.82) is 0 Å². The third-order valence-electron chi connectivity index (χ3n) is 2.62. The highest BCUT2D eigenvalue weighted by atomic mass is 127. The van der Waals surface area contributed by atoms with E-state index < -0.39 is 11.6 Å². The molecule has 0 saturated carbocycles. The minimum atomic E-state index is -1.01. The third kappa shape index (κ3) is 2.43. The van der Waals surface area contributed by atoms with Crippen LogP contribution in [0.25, 0.3) is 0 Å². The summed E-state index contributed by atoms with van der Waals surface area (Å²) in [6, 6.07) is 8.52. The molecule has 0 aromatic heterocycles. The number of aryl methyl sites for hydroxylation is 1. The van der Waals surface area contributed by atoms with Crippen LogP contribution in [0.3, 0.4) is 0 Å². The first-order valence-electron chi connectivity index (χ1n) is 5.25. The van der Waals surface area contributed by atoms with E-state index in [9.17, 15) is 13.6 Å². The van der Waals surface area contributed by atoms with E-state index in [1.54, 1.807) is 12.1 Å². The van der Waals surface area contributed by atoms with Gasteiger partial charge in [0.2, 0.25) is 0 Å². The van der Waals surface area contributed by atoms with E-state index in [0.29, 0.717) is 5.56 Å². The van der Waals surface area contributed by atoms with Crippen molar-refractivity contribution in [3.8, 4) is 0 Å². The first-order chi connectivity index (χ1) is 8.50. The van der Waals surface area contributed by atoms with Gasteiger partial charge in [0.15, 0.2) is 17.4 Å². The summed E-state index contributed by atoms with van der Waals surface area (Å²) in [5.41, 5.74) is 1.63. The van der Waals surface area contributed by atoms with Gasteiger partial charge in [-0.15, -0.1) is 0 Å². The lowest BCUT2D eigenvalue weighted by Gasteiger charge is -2.06. The number of rotatable bonds is 2. The summed E-state index contributed by atoms with van der Waals surface area (Å²) < 4.78 is 26.8. The SMILES string of the molecule is Cc1cccc(C(=O)c2ccc(F)c(F)c2)c1I. The molecule has 0 fully saturated rings. The highest BCUT2D eigenvalue weighted by Crippen LogP contribution is 2.20. The molecule has 0 aliphatic rings. The van der Waals surface area contributed by atoms with Gasteiger partial charge in [0.05, 0.1) is 0 Å². The first kappa shape index (κ1) is 13.1. The highest BCUT2D eigenvalue weighted by molar-refractivity contribution is 14.1. The Labute approximate surface area is 117 Å². The number of hydrogen-bond acceptors (Lipinski definition) is 1. The molecule has 92 valence electrons. The van der Waals surface area contributed by atoms with Crippen LogP contribution in [0.1, 0.15) is 21.5 Å². The van der Waals surface area contributed by atoms with Crippen LogP contribution in [0, 0.1) is 22.1 Å². The molecule has 0 amide bonds. The molecule has 0 bridgehead atoms. The minimum absolute atomic E-state index is 0.150. The van der Waals surface area contributed by atoms with E-state index >= 15 is 0 Å². The van der Waals surface area contributed by atoms with Crippen molar-refractivity contribution in [2.75, 3.05) is 0 Å². The Bertz CT molecular complexity index is 623. The Balaban J connectivity index is 2.48. The van der Waals surface area contributed by atoms with E-state index in [1.165, 1.54) is 6.07 Å². The standard InChI is InChI=1S/C14H9F2IO/c1-8-3-2-4-10(13(8)17)14(18)9-5-6-11(15)12(16)7-9/h2-7H,1H3. The fourth-order valence-electron chi connectivity index (χ4n) is 1.62. The Morgan fingerprint density at radius 2 is 1.83 bits per heavy atom. The molecule has 0 aliphatic carbocycles. The van der Waals surface area contributed by atoms with Crippen molar-refractivity contribution in [2.24, 2.45) is 0 Å². The van der Waals surface area contributed by atoms with Crippen molar-refractivity contribution in [1.82, 2.24) is 0 Å². The summed E-state index contributed by atoms with van der Waals surface area (Å²) >= 11 is 2.07. The second-order valence-electron chi connectivity index (χ2n) is 3.89. The van der Waals surface area contributed by atoms with Crippen molar-refractivity contribution in [2.45, 2.75) is 6.92 Å². The fourth-order valence-corrected chi connectivity index (χ4v) is 2.22. The van der Waals surface area contributed by atoms with E-state index in [1.807, 2.05) is 13.0 Å². The number of hydrogen-bond donors (Lipinski definition) is 0. The van der Waals surface area contributed by atoms with E-state index in [4.69, 9.17) is 0 Å². The fraction of sp³-hybridized carbons (Fsp3) is 0.0714. The lowest BCUT2D eigenvalue weighted by atomic mass is 10.0. The summed E-state index contributed by atoms with van der Waals surface area (Å²) in [5, 5.41) is 0. The van der Waals surface area contributed by atoms with E-state index in [0.717, 1.165) is 21.3 Å². The predicted molar refractivity (Wildman–Crippen MR) is 73.7 cm³/mol. The lowest BCUT2D eigenvalue weighted by Crippen LogP contribution is -2.05. The molecule has 0 spiro atoms. The van der Waals surface area contributed by atoms with Crippen LogP contribution in [-0.4, -0.2) is 5.78 Å². The van der Waals surface area contributed by atoms with Crippen LogP contribution in [0.2, 0.25) is 0 Å². The molecule has 2 aromatic carbocycles. The van der Waals surface area contributed by atoms with Gasteiger partial charge in [0.1, 0.15) is 0 Å². The molecule has 18 heavy (non-hydrogen) atoms. The van der Waals surface area contributed by atoms with Crippen LogP contribution in [-0.2, 0) is 0 Å². The predicted octanol–water partition coefficient (Wildman–Crippen LogP) is 4.11. The molecular weight excluding hydrogens is 349 g/mol. The molecule has 1 nitrogen and oxygen atoms in total. The van der Waals surface area contributed by atoms with E-state index in [2.05, 4.69) is 22.6 Å². The molecule has 0 unspecified atom stereocenters. The summed E-state index contributed by atoms with van der Waals surface area (Å²) in [5.74, 6) is -2.27. The van der Waals surface area contributed by atoms with Gasteiger partial charge in [-0.05, 0) is 59.3 Å². The molecule has 0 saturated heterocycles. The quantitative estimate of drug-likeness (QED) is 0.583. The van der Waals surface area contributed by atoms with Gasteiger partial charge in [-0.25, -0.2) is 8.78 Å². The van der Waals surface area contributed by atoms with Crippen molar-refractivity contribution >= 4 is 28.4 Å². The van der Waals surface area contributed by atoms with Crippen LogP contribution in [0.15, 0.2) is 36.4 Å². The molecule has 0 aliphatic heterocycles. The van der Waals surface area contributed by atoms with Crippen LogP contribution in [0.5, 0.6) is 0 Å². The summed E-state index contributed by atoms with van der Waals surface area (Å²) in [4.78, 5) is 12.2. The number of carbonyl (C=O) groups is 1. The average Bonchev–Trinajstić information content (AvgIpc) is 2.35. The summed E-state index contributed by atoms with van der Waals surface area (Å²) in [6.07, 6.45) is 0.